The van der Waals surface area contributed by atoms with Crippen LogP contribution in [-0.4, -0.2) is 9.55 Å². The van der Waals surface area contributed by atoms with E-state index in [-0.39, 0.29) is 11.6 Å². The lowest BCUT2D eigenvalue weighted by atomic mass is 10.1. The molecule has 3 nitrogen and oxygen atoms in total. The van der Waals surface area contributed by atoms with E-state index in [0.29, 0.717) is 4.77 Å². The molecule has 0 saturated heterocycles. The maximum atomic E-state index is 12.9. The number of hydrogen-bond acceptors (Lipinski definition) is 3. The maximum absolute atomic E-state index is 12.9. The van der Waals surface area contributed by atoms with Gasteiger partial charge in [-0.1, -0.05) is 26.2 Å². The topological polar surface area (TPSA) is 37.8 Å². The minimum Gasteiger partial charge on any atom is -0.323 e. The van der Waals surface area contributed by atoms with E-state index in [9.17, 15) is 4.79 Å². The van der Waals surface area contributed by atoms with E-state index in [1.54, 1.807) is 15.9 Å². The number of aromatic amines is 1. The minimum absolute atomic E-state index is 0.122. The molecule has 5 heteroatoms. The number of H-pyrrole nitrogens is 1. The van der Waals surface area contributed by atoms with Gasteiger partial charge in [-0.2, -0.15) is 0 Å². The standard InChI is InChI=1S/C16H22N2OS2/c1-3-4-5-7-10(2)18-15(19)13-11-8-6-9-12(11)21-14(13)17-16(18)20/h10H,3-9H2,1-2H3,(H,17,20). The van der Waals surface area contributed by atoms with Crippen LogP contribution in [-0.2, 0) is 12.8 Å². The molecule has 21 heavy (non-hydrogen) atoms. The number of rotatable bonds is 5. The average Bonchev–Trinajstić information content (AvgIpc) is 2.98. The Labute approximate surface area is 134 Å². The van der Waals surface area contributed by atoms with Crippen molar-refractivity contribution in [2.24, 2.45) is 0 Å². The Morgan fingerprint density at radius 3 is 2.95 bits per heavy atom. The Balaban J connectivity index is 2.06. The summed E-state index contributed by atoms with van der Waals surface area (Å²) < 4.78 is 2.38. The van der Waals surface area contributed by atoms with E-state index in [2.05, 4.69) is 18.8 Å². The first-order valence-electron chi connectivity index (χ1n) is 7.92. The van der Waals surface area contributed by atoms with Gasteiger partial charge in [0.2, 0.25) is 0 Å². The molecule has 0 fully saturated rings. The largest absolute Gasteiger partial charge is 0.323 e. The van der Waals surface area contributed by atoms with E-state index >= 15 is 0 Å². The van der Waals surface area contributed by atoms with Gasteiger partial charge in [0.1, 0.15) is 4.83 Å². The molecule has 0 bridgehead atoms. The predicted octanol–water partition coefficient (Wildman–Crippen LogP) is 4.75. The molecular formula is C16H22N2OS2. The van der Waals surface area contributed by atoms with Crippen molar-refractivity contribution in [2.75, 3.05) is 0 Å². The van der Waals surface area contributed by atoms with Crippen molar-refractivity contribution in [3.63, 3.8) is 0 Å². The van der Waals surface area contributed by atoms with Crippen molar-refractivity contribution >= 4 is 33.8 Å². The van der Waals surface area contributed by atoms with Crippen LogP contribution in [0.2, 0.25) is 0 Å². The van der Waals surface area contributed by atoms with Gasteiger partial charge in [0.25, 0.3) is 5.56 Å². The van der Waals surface area contributed by atoms with Crippen LogP contribution in [0.15, 0.2) is 4.79 Å². The minimum atomic E-state index is 0.122. The average molecular weight is 322 g/mol. The van der Waals surface area contributed by atoms with Crippen molar-refractivity contribution in [2.45, 2.75) is 64.8 Å². The van der Waals surface area contributed by atoms with E-state index < -0.39 is 0 Å². The summed E-state index contributed by atoms with van der Waals surface area (Å²) in [6.45, 7) is 4.31. The first-order valence-corrected chi connectivity index (χ1v) is 9.15. The summed E-state index contributed by atoms with van der Waals surface area (Å²) >= 11 is 7.16. The third kappa shape index (κ3) is 2.61. The summed E-state index contributed by atoms with van der Waals surface area (Å²) in [5.74, 6) is 0. The van der Waals surface area contributed by atoms with E-state index in [1.807, 2.05) is 0 Å². The quantitative estimate of drug-likeness (QED) is 0.637. The molecule has 1 aliphatic rings. The molecule has 114 valence electrons. The van der Waals surface area contributed by atoms with Crippen LogP contribution in [0.3, 0.4) is 0 Å². The number of aryl methyl sites for hydroxylation is 2. The molecule has 2 aromatic rings. The summed E-state index contributed by atoms with van der Waals surface area (Å²) in [7, 11) is 0. The van der Waals surface area contributed by atoms with Gasteiger partial charge in [0.15, 0.2) is 4.77 Å². The van der Waals surface area contributed by atoms with Gasteiger partial charge in [-0.15, -0.1) is 11.3 Å². The Bertz CT molecular complexity index is 769. The lowest BCUT2D eigenvalue weighted by molar-refractivity contribution is 0.458. The predicted molar refractivity (Wildman–Crippen MR) is 92.1 cm³/mol. The normalized spacial score (nSPS) is 15.5. The molecule has 0 radical (unpaired) electrons. The Morgan fingerprint density at radius 2 is 2.19 bits per heavy atom. The first-order chi connectivity index (χ1) is 10.1. The molecule has 1 unspecified atom stereocenters. The zero-order chi connectivity index (χ0) is 15.0. The highest BCUT2D eigenvalue weighted by molar-refractivity contribution is 7.71. The highest BCUT2D eigenvalue weighted by Gasteiger charge is 2.22. The van der Waals surface area contributed by atoms with Gasteiger partial charge in [0.05, 0.1) is 5.39 Å². The van der Waals surface area contributed by atoms with Crippen molar-refractivity contribution in [3.8, 4) is 0 Å². The van der Waals surface area contributed by atoms with Crippen LogP contribution in [0.25, 0.3) is 10.2 Å². The molecule has 0 saturated carbocycles. The van der Waals surface area contributed by atoms with Crippen molar-refractivity contribution < 1.29 is 0 Å². The lowest BCUT2D eigenvalue weighted by Crippen LogP contribution is -2.25. The van der Waals surface area contributed by atoms with Gasteiger partial charge in [0, 0.05) is 10.9 Å². The van der Waals surface area contributed by atoms with Crippen molar-refractivity contribution in [1.82, 2.24) is 9.55 Å². The maximum Gasteiger partial charge on any atom is 0.263 e. The number of aromatic nitrogens is 2. The molecule has 2 aromatic heterocycles. The molecule has 1 atom stereocenters. The van der Waals surface area contributed by atoms with E-state index in [0.717, 1.165) is 35.9 Å². The fraction of sp³-hybridized carbons (Fsp3) is 0.625. The van der Waals surface area contributed by atoms with Crippen LogP contribution in [0, 0.1) is 4.77 Å². The first kappa shape index (κ1) is 15.0. The summed E-state index contributed by atoms with van der Waals surface area (Å²) in [4.78, 5) is 18.6. The molecule has 1 aliphatic carbocycles. The number of unbranched alkanes of at least 4 members (excludes halogenated alkanes) is 2. The lowest BCUT2D eigenvalue weighted by Gasteiger charge is -2.15. The SMILES string of the molecule is CCCCCC(C)n1c(=S)[nH]c2sc3c(c2c1=O)CCC3. The molecule has 3 rings (SSSR count). The Morgan fingerprint density at radius 1 is 1.38 bits per heavy atom. The molecule has 2 heterocycles. The number of nitrogens with zero attached hydrogens (tertiary/aromatic N) is 1. The summed E-state index contributed by atoms with van der Waals surface area (Å²) in [6.07, 6.45) is 7.91. The van der Waals surface area contributed by atoms with E-state index in [1.165, 1.54) is 29.7 Å². The number of nitrogens with one attached hydrogen (secondary N) is 1. The summed E-state index contributed by atoms with van der Waals surface area (Å²) in [5, 5.41) is 0.906. The van der Waals surface area contributed by atoms with Gasteiger partial charge in [-0.05, 0) is 50.4 Å². The molecule has 0 aromatic carbocycles. The van der Waals surface area contributed by atoms with Gasteiger partial charge in [-0.3, -0.25) is 9.36 Å². The molecular weight excluding hydrogens is 300 g/mol. The monoisotopic (exact) mass is 322 g/mol. The molecule has 0 spiro atoms. The van der Waals surface area contributed by atoms with Crippen LogP contribution < -0.4 is 5.56 Å². The number of hydrogen-bond donors (Lipinski definition) is 1. The van der Waals surface area contributed by atoms with Crippen LogP contribution in [0.4, 0.5) is 0 Å². The molecule has 0 aliphatic heterocycles. The van der Waals surface area contributed by atoms with Gasteiger partial charge < -0.3 is 4.98 Å². The Hall–Kier alpha value is -0.940. The summed E-state index contributed by atoms with van der Waals surface area (Å²) in [5.41, 5.74) is 1.40. The number of fused-ring (bicyclic) bond motifs is 3. The van der Waals surface area contributed by atoms with Crippen LogP contribution >= 0.6 is 23.6 Å². The van der Waals surface area contributed by atoms with E-state index in [4.69, 9.17) is 12.2 Å². The fourth-order valence-electron chi connectivity index (χ4n) is 3.31. The van der Waals surface area contributed by atoms with Gasteiger partial charge in [-0.25, -0.2) is 0 Å². The van der Waals surface area contributed by atoms with Gasteiger partial charge >= 0.3 is 0 Å². The van der Waals surface area contributed by atoms with Crippen LogP contribution in [0.1, 0.15) is 62.4 Å². The second-order valence-electron chi connectivity index (χ2n) is 6.01. The highest BCUT2D eigenvalue weighted by Crippen LogP contribution is 2.34. The fourth-order valence-corrected chi connectivity index (χ4v) is 5.02. The number of thiophene rings is 1. The molecule has 1 N–H and O–H groups in total. The second kappa shape index (κ2) is 6.05. The smallest absolute Gasteiger partial charge is 0.263 e. The zero-order valence-electron chi connectivity index (χ0n) is 12.7. The second-order valence-corrected chi connectivity index (χ2v) is 7.50. The zero-order valence-corrected chi connectivity index (χ0v) is 14.3. The third-order valence-corrected chi connectivity index (χ3v) is 5.97. The molecule has 0 amide bonds. The van der Waals surface area contributed by atoms with Crippen LogP contribution in [0.5, 0.6) is 0 Å². The third-order valence-electron chi connectivity index (χ3n) is 4.46. The van der Waals surface area contributed by atoms with Crippen molar-refractivity contribution in [1.29, 1.82) is 0 Å². The van der Waals surface area contributed by atoms with Crippen molar-refractivity contribution in [3.05, 3.63) is 25.6 Å². The highest BCUT2D eigenvalue weighted by atomic mass is 32.1. The summed E-state index contributed by atoms with van der Waals surface area (Å²) in [6, 6.07) is 0.175. The Kier molecular flexibility index (Phi) is 4.31.